The topological polar surface area (TPSA) is 108 Å². The quantitative estimate of drug-likeness (QED) is 0.762. The summed E-state index contributed by atoms with van der Waals surface area (Å²) >= 11 is 0. The van der Waals surface area contributed by atoms with Crippen LogP contribution in [0.1, 0.15) is 17.4 Å². The molecule has 2 N–H and O–H groups in total. The van der Waals surface area contributed by atoms with Gasteiger partial charge >= 0.3 is 0 Å². The molecule has 27 heavy (non-hydrogen) atoms. The predicted octanol–water partition coefficient (Wildman–Crippen LogP) is 0.966. The number of amides is 3. The second-order valence-corrected chi connectivity index (χ2v) is 6.10. The molecule has 0 radical (unpaired) electrons. The molecule has 9 heteroatoms. The number of benzene rings is 1. The highest BCUT2D eigenvalue weighted by molar-refractivity contribution is 6.02. The highest BCUT2D eigenvalue weighted by Crippen LogP contribution is 2.15. The van der Waals surface area contributed by atoms with Crippen LogP contribution in [0.5, 0.6) is 0 Å². The zero-order valence-electron chi connectivity index (χ0n) is 14.9. The van der Waals surface area contributed by atoms with E-state index in [1.807, 2.05) is 4.90 Å². The first-order valence-corrected chi connectivity index (χ1v) is 8.50. The van der Waals surface area contributed by atoms with Crippen molar-refractivity contribution in [3.05, 3.63) is 42.4 Å². The SMILES string of the molecule is CC(=O)Nc1ccc(NC(=O)c2cnc(N3CCN(C=O)CC3)cn2)cc1. The number of hydrogen-bond donors (Lipinski definition) is 2. The zero-order chi connectivity index (χ0) is 19.2. The van der Waals surface area contributed by atoms with Crippen molar-refractivity contribution in [2.45, 2.75) is 6.92 Å². The second-order valence-electron chi connectivity index (χ2n) is 6.10. The Balaban J connectivity index is 1.59. The molecule has 9 nitrogen and oxygen atoms in total. The number of anilines is 3. The maximum atomic E-state index is 12.3. The van der Waals surface area contributed by atoms with E-state index in [0.29, 0.717) is 43.4 Å². The van der Waals surface area contributed by atoms with E-state index in [4.69, 9.17) is 0 Å². The number of aromatic nitrogens is 2. The molecule has 0 saturated carbocycles. The first-order chi connectivity index (χ1) is 13.0. The molecular formula is C18H20N6O3. The molecule has 140 valence electrons. The standard InChI is InChI=1S/C18H20N6O3/c1-13(26)21-14-2-4-15(5-3-14)22-18(27)16-10-20-17(11-19-16)24-8-6-23(12-25)7-9-24/h2-5,10-12H,6-9H2,1H3,(H,21,26)(H,22,27). The van der Waals surface area contributed by atoms with Crippen molar-refractivity contribution < 1.29 is 14.4 Å². The monoisotopic (exact) mass is 368 g/mol. The molecule has 2 heterocycles. The molecule has 3 amide bonds. The van der Waals surface area contributed by atoms with E-state index in [0.717, 1.165) is 6.41 Å². The molecule has 3 rings (SSSR count). The Labute approximate surface area is 156 Å². The van der Waals surface area contributed by atoms with E-state index in [1.54, 1.807) is 35.4 Å². The van der Waals surface area contributed by atoms with Gasteiger partial charge in [0.2, 0.25) is 12.3 Å². The maximum absolute atomic E-state index is 12.3. The lowest BCUT2D eigenvalue weighted by Crippen LogP contribution is -2.46. The van der Waals surface area contributed by atoms with Crippen LogP contribution in [0.4, 0.5) is 17.2 Å². The summed E-state index contributed by atoms with van der Waals surface area (Å²) in [5.74, 6) is 0.151. The molecule has 1 aromatic heterocycles. The van der Waals surface area contributed by atoms with Gasteiger partial charge in [0, 0.05) is 44.5 Å². The summed E-state index contributed by atoms with van der Waals surface area (Å²) in [6, 6.07) is 6.78. The Hall–Kier alpha value is -3.49. The van der Waals surface area contributed by atoms with Crippen molar-refractivity contribution >= 4 is 35.4 Å². The van der Waals surface area contributed by atoms with E-state index >= 15 is 0 Å². The van der Waals surface area contributed by atoms with Crippen molar-refractivity contribution in [2.75, 3.05) is 41.7 Å². The van der Waals surface area contributed by atoms with Crippen LogP contribution in [0.2, 0.25) is 0 Å². The number of carbonyl (C=O) groups excluding carboxylic acids is 3. The lowest BCUT2D eigenvalue weighted by atomic mass is 10.2. The average Bonchev–Trinajstić information content (AvgIpc) is 2.69. The van der Waals surface area contributed by atoms with Crippen LogP contribution in [0.3, 0.4) is 0 Å². The van der Waals surface area contributed by atoms with Crippen molar-refractivity contribution in [1.29, 1.82) is 0 Å². The molecule has 1 aromatic carbocycles. The molecular weight excluding hydrogens is 348 g/mol. The normalized spacial score (nSPS) is 13.8. The molecule has 1 fully saturated rings. The van der Waals surface area contributed by atoms with E-state index in [9.17, 15) is 14.4 Å². The minimum absolute atomic E-state index is 0.158. The Kier molecular flexibility index (Phi) is 5.60. The number of nitrogens with zero attached hydrogens (tertiary/aromatic N) is 4. The van der Waals surface area contributed by atoms with Gasteiger partial charge in [0.1, 0.15) is 11.5 Å². The summed E-state index contributed by atoms with van der Waals surface area (Å²) in [6.07, 6.45) is 3.84. The van der Waals surface area contributed by atoms with Crippen LogP contribution < -0.4 is 15.5 Å². The van der Waals surface area contributed by atoms with Gasteiger partial charge in [-0.15, -0.1) is 0 Å². The number of hydrogen-bond acceptors (Lipinski definition) is 6. The van der Waals surface area contributed by atoms with Crippen LogP contribution >= 0.6 is 0 Å². The Morgan fingerprint density at radius 1 is 0.963 bits per heavy atom. The van der Waals surface area contributed by atoms with Crippen molar-refractivity contribution in [1.82, 2.24) is 14.9 Å². The fourth-order valence-corrected chi connectivity index (χ4v) is 2.69. The van der Waals surface area contributed by atoms with E-state index in [-0.39, 0.29) is 17.5 Å². The summed E-state index contributed by atoms with van der Waals surface area (Å²) in [4.78, 5) is 46.3. The Morgan fingerprint density at radius 2 is 1.59 bits per heavy atom. The molecule has 0 atom stereocenters. The fraction of sp³-hybridized carbons (Fsp3) is 0.278. The van der Waals surface area contributed by atoms with Crippen LogP contribution in [0, 0.1) is 0 Å². The van der Waals surface area contributed by atoms with Crippen LogP contribution in [-0.2, 0) is 9.59 Å². The number of rotatable bonds is 5. The Morgan fingerprint density at radius 3 is 2.11 bits per heavy atom. The maximum Gasteiger partial charge on any atom is 0.275 e. The van der Waals surface area contributed by atoms with Crippen molar-refractivity contribution in [3.63, 3.8) is 0 Å². The van der Waals surface area contributed by atoms with Gasteiger partial charge in [0.05, 0.1) is 12.4 Å². The van der Waals surface area contributed by atoms with Gasteiger partial charge in [-0.1, -0.05) is 0 Å². The van der Waals surface area contributed by atoms with Gasteiger partial charge in [0.25, 0.3) is 5.91 Å². The minimum Gasteiger partial charge on any atom is -0.352 e. The molecule has 2 aromatic rings. The Bertz CT molecular complexity index is 814. The average molecular weight is 368 g/mol. The second kappa shape index (κ2) is 8.26. The van der Waals surface area contributed by atoms with Crippen molar-refractivity contribution in [2.24, 2.45) is 0 Å². The lowest BCUT2D eigenvalue weighted by Gasteiger charge is -2.33. The molecule has 0 unspecified atom stereocenters. The third-order valence-corrected chi connectivity index (χ3v) is 4.12. The largest absolute Gasteiger partial charge is 0.352 e. The first kappa shape index (κ1) is 18.3. The van der Waals surface area contributed by atoms with Crippen LogP contribution in [-0.4, -0.2) is 59.3 Å². The van der Waals surface area contributed by atoms with Gasteiger partial charge in [-0.05, 0) is 24.3 Å². The van der Waals surface area contributed by atoms with E-state index < -0.39 is 0 Å². The number of piperazine rings is 1. The first-order valence-electron chi connectivity index (χ1n) is 8.50. The summed E-state index contributed by atoms with van der Waals surface area (Å²) in [5.41, 5.74) is 1.44. The highest BCUT2D eigenvalue weighted by Gasteiger charge is 2.17. The lowest BCUT2D eigenvalue weighted by molar-refractivity contribution is -0.118. The summed E-state index contributed by atoms with van der Waals surface area (Å²) < 4.78 is 0. The molecule has 1 saturated heterocycles. The van der Waals surface area contributed by atoms with Crippen LogP contribution in [0.15, 0.2) is 36.7 Å². The smallest absolute Gasteiger partial charge is 0.275 e. The number of nitrogens with one attached hydrogen (secondary N) is 2. The molecule has 0 aliphatic carbocycles. The molecule has 1 aliphatic rings. The van der Waals surface area contributed by atoms with Crippen LogP contribution in [0.25, 0.3) is 0 Å². The van der Waals surface area contributed by atoms with Gasteiger partial charge < -0.3 is 20.4 Å². The van der Waals surface area contributed by atoms with Gasteiger partial charge in [0.15, 0.2) is 0 Å². The minimum atomic E-state index is -0.368. The molecule has 0 spiro atoms. The van der Waals surface area contributed by atoms with E-state index in [2.05, 4.69) is 20.6 Å². The fourth-order valence-electron chi connectivity index (χ4n) is 2.69. The third-order valence-electron chi connectivity index (χ3n) is 4.12. The summed E-state index contributed by atoms with van der Waals surface area (Å²) in [5, 5.41) is 5.40. The van der Waals surface area contributed by atoms with Gasteiger partial charge in [-0.3, -0.25) is 14.4 Å². The third kappa shape index (κ3) is 4.78. The van der Waals surface area contributed by atoms with Gasteiger partial charge in [-0.25, -0.2) is 9.97 Å². The molecule has 0 bridgehead atoms. The zero-order valence-corrected chi connectivity index (χ0v) is 14.9. The predicted molar refractivity (Wildman–Crippen MR) is 101 cm³/mol. The van der Waals surface area contributed by atoms with Gasteiger partial charge in [-0.2, -0.15) is 0 Å². The number of carbonyl (C=O) groups is 3. The summed E-state index contributed by atoms with van der Waals surface area (Å²) in [7, 11) is 0. The summed E-state index contributed by atoms with van der Waals surface area (Å²) in [6.45, 7) is 4.07. The van der Waals surface area contributed by atoms with Crippen molar-refractivity contribution in [3.8, 4) is 0 Å². The molecule has 1 aliphatic heterocycles. The van der Waals surface area contributed by atoms with E-state index in [1.165, 1.54) is 13.1 Å². The highest BCUT2D eigenvalue weighted by atomic mass is 16.2.